The van der Waals surface area contributed by atoms with Crippen molar-refractivity contribution in [3.63, 3.8) is 0 Å². The third kappa shape index (κ3) is 3.73. The Morgan fingerprint density at radius 1 is 1.06 bits per heavy atom. The third-order valence-electron chi connectivity index (χ3n) is 2.71. The van der Waals surface area contributed by atoms with Crippen LogP contribution in [0.1, 0.15) is 10.4 Å². The Hall–Kier alpha value is -1.03. The van der Waals surface area contributed by atoms with Gasteiger partial charge in [-0.3, -0.25) is 0 Å². The molecule has 2 aromatic rings. The van der Waals surface area contributed by atoms with Crippen LogP contribution in [0.3, 0.4) is 0 Å². The second kappa shape index (κ2) is 6.23. The summed E-state index contributed by atoms with van der Waals surface area (Å²) in [4.78, 5) is 3.37. The minimum absolute atomic E-state index is 0.849. The molecule has 1 heterocycles. The lowest BCUT2D eigenvalue weighted by molar-refractivity contribution is 0.701. The molecule has 0 aliphatic carbocycles. The molecule has 96 valence electrons. The first-order chi connectivity index (χ1) is 8.65. The Kier molecular flexibility index (Phi) is 4.64. The van der Waals surface area contributed by atoms with E-state index in [4.69, 9.17) is 11.6 Å². The molecule has 0 atom stereocenters. The van der Waals surface area contributed by atoms with Gasteiger partial charge in [0.15, 0.2) is 0 Å². The molecule has 2 rings (SSSR count). The van der Waals surface area contributed by atoms with Crippen LogP contribution in [0.5, 0.6) is 0 Å². The first kappa shape index (κ1) is 13.4. The molecule has 0 saturated heterocycles. The lowest BCUT2D eigenvalue weighted by Crippen LogP contribution is -2.12. The van der Waals surface area contributed by atoms with Crippen molar-refractivity contribution >= 4 is 28.6 Å². The minimum Gasteiger partial charge on any atom is -0.378 e. The van der Waals surface area contributed by atoms with Crippen LogP contribution >= 0.6 is 22.9 Å². The highest BCUT2D eigenvalue weighted by molar-refractivity contribution is 7.16. The van der Waals surface area contributed by atoms with Gasteiger partial charge in [0.1, 0.15) is 0 Å². The number of anilines is 1. The number of thiophene rings is 1. The lowest BCUT2D eigenvalue weighted by Gasteiger charge is -2.12. The van der Waals surface area contributed by atoms with Gasteiger partial charge in [-0.25, -0.2) is 0 Å². The lowest BCUT2D eigenvalue weighted by atomic mass is 10.2. The summed E-state index contributed by atoms with van der Waals surface area (Å²) in [7, 11) is 4.10. The summed E-state index contributed by atoms with van der Waals surface area (Å²) in [6, 6.07) is 12.6. The Morgan fingerprint density at radius 2 is 1.78 bits per heavy atom. The van der Waals surface area contributed by atoms with Crippen molar-refractivity contribution in [2.45, 2.75) is 13.1 Å². The molecular weight excluding hydrogens is 264 g/mol. The first-order valence-electron chi connectivity index (χ1n) is 5.86. The van der Waals surface area contributed by atoms with Crippen molar-refractivity contribution < 1.29 is 0 Å². The standard InChI is InChI=1S/C14H17ClN2S/c1-17(2)12-5-3-11(4-6-12)9-16-10-13-7-8-14(15)18-13/h3-8,16H,9-10H2,1-2H3. The van der Waals surface area contributed by atoms with Gasteiger partial charge >= 0.3 is 0 Å². The molecule has 0 aliphatic heterocycles. The number of hydrogen-bond acceptors (Lipinski definition) is 3. The topological polar surface area (TPSA) is 15.3 Å². The predicted octanol–water partition coefficient (Wildman–Crippen LogP) is 3.76. The molecule has 0 amide bonds. The molecule has 1 N–H and O–H groups in total. The normalized spacial score (nSPS) is 10.6. The Balaban J connectivity index is 1.83. The van der Waals surface area contributed by atoms with E-state index in [0.717, 1.165) is 17.4 Å². The first-order valence-corrected chi connectivity index (χ1v) is 7.06. The molecular formula is C14H17ClN2S. The average Bonchev–Trinajstić information content (AvgIpc) is 2.76. The maximum absolute atomic E-state index is 5.89. The van der Waals surface area contributed by atoms with E-state index in [1.54, 1.807) is 11.3 Å². The van der Waals surface area contributed by atoms with Crippen LogP contribution in [-0.2, 0) is 13.1 Å². The largest absolute Gasteiger partial charge is 0.378 e. The molecule has 18 heavy (non-hydrogen) atoms. The zero-order valence-electron chi connectivity index (χ0n) is 10.6. The molecule has 0 aliphatic rings. The van der Waals surface area contributed by atoms with Crippen molar-refractivity contribution in [2.24, 2.45) is 0 Å². The number of rotatable bonds is 5. The van der Waals surface area contributed by atoms with E-state index in [0.29, 0.717) is 0 Å². The highest BCUT2D eigenvalue weighted by Crippen LogP contribution is 2.21. The van der Waals surface area contributed by atoms with E-state index in [9.17, 15) is 0 Å². The van der Waals surface area contributed by atoms with Crippen LogP contribution in [0, 0.1) is 0 Å². The summed E-state index contributed by atoms with van der Waals surface area (Å²) in [6.45, 7) is 1.75. The summed E-state index contributed by atoms with van der Waals surface area (Å²) in [5.41, 5.74) is 2.52. The van der Waals surface area contributed by atoms with Crippen LogP contribution in [-0.4, -0.2) is 14.1 Å². The van der Waals surface area contributed by atoms with Gasteiger partial charge in [-0.15, -0.1) is 11.3 Å². The van der Waals surface area contributed by atoms with E-state index in [1.807, 2.05) is 20.2 Å². The number of nitrogens with one attached hydrogen (secondary N) is 1. The maximum atomic E-state index is 5.89. The van der Waals surface area contributed by atoms with Crippen LogP contribution < -0.4 is 10.2 Å². The number of hydrogen-bond donors (Lipinski definition) is 1. The maximum Gasteiger partial charge on any atom is 0.0931 e. The molecule has 1 aromatic heterocycles. The Morgan fingerprint density at radius 3 is 2.33 bits per heavy atom. The van der Waals surface area contributed by atoms with Crippen molar-refractivity contribution in [3.05, 3.63) is 51.2 Å². The third-order valence-corrected chi connectivity index (χ3v) is 3.94. The minimum atomic E-state index is 0.849. The fraction of sp³-hybridized carbons (Fsp3) is 0.286. The summed E-state index contributed by atoms with van der Waals surface area (Å²) >= 11 is 7.51. The molecule has 2 nitrogen and oxygen atoms in total. The highest BCUT2D eigenvalue weighted by atomic mass is 35.5. The quantitative estimate of drug-likeness (QED) is 0.897. The molecule has 0 unspecified atom stereocenters. The number of benzene rings is 1. The van der Waals surface area contributed by atoms with Crippen molar-refractivity contribution in [1.29, 1.82) is 0 Å². The Bertz CT molecular complexity index is 491. The molecule has 0 spiro atoms. The van der Waals surface area contributed by atoms with E-state index >= 15 is 0 Å². The molecule has 0 fully saturated rings. The van der Waals surface area contributed by atoms with Gasteiger partial charge < -0.3 is 10.2 Å². The smallest absolute Gasteiger partial charge is 0.0931 e. The molecule has 0 saturated carbocycles. The van der Waals surface area contributed by atoms with Crippen LogP contribution in [0.25, 0.3) is 0 Å². The Labute approximate surface area is 117 Å². The summed E-state index contributed by atoms with van der Waals surface area (Å²) in [5, 5.41) is 3.42. The second-order valence-electron chi connectivity index (χ2n) is 4.37. The van der Waals surface area contributed by atoms with Gasteiger partial charge in [0.05, 0.1) is 4.34 Å². The van der Waals surface area contributed by atoms with E-state index in [2.05, 4.69) is 40.5 Å². The summed E-state index contributed by atoms with van der Waals surface area (Å²) < 4.78 is 0.849. The zero-order valence-corrected chi connectivity index (χ0v) is 12.2. The molecule has 1 aromatic carbocycles. The predicted molar refractivity (Wildman–Crippen MR) is 80.6 cm³/mol. The van der Waals surface area contributed by atoms with Gasteiger partial charge in [0, 0.05) is 37.7 Å². The average molecular weight is 281 g/mol. The number of nitrogens with zero attached hydrogens (tertiary/aromatic N) is 1. The van der Waals surface area contributed by atoms with E-state index in [1.165, 1.54) is 16.1 Å². The van der Waals surface area contributed by atoms with Crippen molar-refractivity contribution in [3.8, 4) is 0 Å². The van der Waals surface area contributed by atoms with E-state index in [-0.39, 0.29) is 0 Å². The van der Waals surface area contributed by atoms with E-state index < -0.39 is 0 Å². The van der Waals surface area contributed by atoms with Gasteiger partial charge in [-0.1, -0.05) is 23.7 Å². The van der Waals surface area contributed by atoms with Gasteiger partial charge in [0.25, 0.3) is 0 Å². The fourth-order valence-electron chi connectivity index (χ4n) is 1.69. The van der Waals surface area contributed by atoms with Gasteiger partial charge in [-0.2, -0.15) is 0 Å². The van der Waals surface area contributed by atoms with Crippen molar-refractivity contribution in [2.75, 3.05) is 19.0 Å². The van der Waals surface area contributed by atoms with Crippen LogP contribution in [0.2, 0.25) is 4.34 Å². The van der Waals surface area contributed by atoms with Crippen molar-refractivity contribution in [1.82, 2.24) is 5.32 Å². The van der Waals surface area contributed by atoms with Crippen LogP contribution in [0.15, 0.2) is 36.4 Å². The monoisotopic (exact) mass is 280 g/mol. The molecule has 0 bridgehead atoms. The van der Waals surface area contributed by atoms with Gasteiger partial charge in [-0.05, 0) is 29.8 Å². The molecule has 0 radical (unpaired) electrons. The number of halogens is 1. The zero-order chi connectivity index (χ0) is 13.0. The molecule has 4 heteroatoms. The van der Waals surface area contributed by atoms with Gasteiger partial charge in [0.2, 0.25) is 0 Å². The summed E-state index contributed by atoms with van der Waals surface area (Å²) in [6.07, 6.45) is 0. The summed E-state index contributed by atoms with van der Waals surface area (Å²) in [5.74, 6) is 0. The van der Waals surface area contributed by atoms with Crippen LogP contribution in [0.4, 0.5) is 5.69 Å². The fourth-order valence-corrected chi connectivity index (χ4v) is 2.75. The second-order valence-corrected chi connectivity index (χ2v) is 6.17. The SMILES string of the molecule is CN(C)c1ccc(CNCc2ccc(Cl)s2)cc1. The highest BCUT2D eigenvalue weighted by Gasteiger charge is 1.99.